The van der Waals surface area contributed by atoms with E-state index in [2.05, 4.69) is 10.3 Å². The number of hydrogen-bond acceptors (Lipinski definition) is 5. The Balaban J connectivity index is 2.01. The van der Waals surface area contributed by atoms with Gasteiger partial charge in [-0.15, -0.1) is 0 Å². The highest BCUT2D eigenvalue weighted by Crippen LogP contribution is 2.40. The lowest BCUT2D eigenvalue weighted by Gasteiger charge is -2.42. The van der Waals surface area contributed by atoms with Crippen molar-refractivity contribution in [2.75, 3.05) is 0 Å². The maximum Gasteiger partial charge on any atom is 0.254 e. The molecule has 128 valence electrons. The number of nitrogens with zero attached hydrogens (tertiary/aromatic N) is 2. The van der Waals surface area contributed by atoms with Crippen LogP contribution in [-0.2, 0) is 0 Å². The predicted octanol–water partition coefficient (Wildman–Crippen LogP) is 2.61. The number of benzene rings is 1. The molecule has 2 atom stereocenters. The third-order valence-electron chi connectivity index (χ3n) is 4.17. The Hall–Kier alpha value is -2.62. The second kappa shape index (κ2) is 6.36. The molecule has 2 heterocycles. The van der Waals surface area contributed by atoms with Gasteiger partial charge in [-0.2, -0.15) is 5.26 Å². The highest BCUT2D eigenvalue weighted by molar-refractivity contribution is 6.33. The van der Waals surface area contributed by atoms with Crippen LogP contribution in [0.1, 0.15) is 41.4 Å². The van der Waals surface area contributed by atoms with Crippen LogP contribution in [0.15, 0.2) is 36.7 Å². The minimum absolute atomic E-state index is 0.207. The Bertz CT molecular complexity index is 876. The molecule has 6 nitrogen and oxygen atoms in total. The lowest BCUT2D eigenvalue weighted by molar-refractivity contribution is -0.0627. The van der Waals surface area contributed by atoms with Crippen LogP contribution in [0, 0.1) is 11.3 Å². The van der Waals surface area contributed by atoms with E-state index in [9.17, 15) is 9.90 Å². The van der Waals surface area contributed by atoms with E-state index in [0.717, 1.165) is 0 Å². The molecule has 0 radical (unpaired) electrons. The fourth-order valence-electron chi connectivity index (χ4n) is 2.79. The van der Waals surface area contributed by atoms with Crippen molar-refractivity contribution in [1.82, 2.24) is 10.3 Å². The lowest BCUT2D eigenvalue weighted by Crippen LogP contribution is -2.53. The average molecular weight is 358 g/mol. The first kappa shape index (κ1) is 17.2. The molecule has 2 aromatic rings. The van der Waals surface area contributed by atoms with Crippen LogP contribution in [0.5, 0.6) is 5.75 Å². The van der Waals surface area contributed by atoms with Gasteiger partial charge in [-0.3, -0.25) is 9.78 Å². The van der Waals surface area contributed by atoms with Gasteiger partial charge < -0.3 is 15.2 Å². The number of amides is 1. The van der Waals surface area contributed by atoms with E-state index >= 15 is 0 Å². The van der Waals surface area contributed by atoms with Gasteiger partial charge in [0.25, 0.3) is 5.91 Å². The first-order valence-electron chi connectivity index (χ1n) is 7.65. The van der Waals surface area contributed by atoms with Crippen molar-refractivity contribution < 1.29 is 14.6 Å². The monoisotopic (exact) mass is 357 g/mol. The molecular weight excluding hydrogens is 342 g/mol. The number of hydrogen-bond donors (Lipinski definition) is 2. The molecule has 0 spiro atoms. The van der Waals surface area contributed by atoms with Crippen LogP contribution >= 0.6 is 11.6 Å². The fourth-order valence-corrected chi connectivity index (χ4v) is 2.98. The number of aliphatic hydroxyl groups excluding tert-OH is 1. The van der Waals surface area contributed by atoms with Crippen molar-refractivity contribution in [2.24, 2.45) is 0 Å². The Morgan fingerprint density at radius 3 is 2.88 bits per heavy atom. The number of rotatable bonds is 2. The summed E-state index contributed by atoms with van der Waals surface area (Å²) >= 11 is 6.05. The number of pyridine rings is 1. The molecule has 0 saturated carbocycles. The molecule has 0 fully saturated rings. The number of aromatic nitrogens is 1. The summed E-state index contributed by atoms with van der Waals surface area (Å²) in [6.45, 7) is 3.46. The highest BCUT2D eigenvalue weighted by atomic mass is 35.5. The van der Waals surface area contributed by atoms with Crippen LogP contribution in [-0.4, -0.2) is 27.7 Å². The summed E-state index contributed by atoms with van der Waals surface area (Å²) in [7, 11) is 0. The van der Waals surface area contributed by atoms with Crippen molar-refractivity contribution in [3.05, 3.63) is 58.4 Å². The van der Waals surface area contributed by atoms with Crippen molar-refractivity contribution in [2.45, 2.75) is 31.6 Å². The number of carbonyl (C=O) groups excluding carboxylic acids is 1. The first-order valence-corrected chi connectivity index (χ1v) is 8.03. The number of aliphatic hydroxyl groups is 1. The second-order valence-electron chi connectivity index (χ2n) is 6.32. The van der Waals surface area contributed by atoms with Gasteiger partial charge in [-0.05, 0) is 38.1 Å². The molecule has 1 aliphatic rings. The molecule has 1 aromatic heterocycles. The third-order valence-corrected chi connectivity index (χ3v) is 4.50. The van der Waals surface area contributed by atoms with Gasteiger partial charge in [0.05, 0.1) is 28.3 Å². The quantitative estimate of drug-likeness (QED) is 0.861. The number of carbonyl (C=O) groups is 1. The van der Waals surface area contributed by atoms with Crippen LogP contribution in [0.25, 0.3) is 0 Å². The summed E-state index contributed by atoms with van der Waals surface area (Å²) < 4.78 is 5.82. The molecule has 0 aliphatic carbocycles. The van der Waals surface area contributed by atoms with Crippen LogP contribution in [0.3, 0.4) is 0 Å². The smallest absolute Gasteiger partial charge is 0.254 e. The molecular formula is C18H16ClN3O3. The number of nitriles is 1. The zero-order chi connectivity index (χ0) is 18.2. The molecule has 0 saturated heterocycles. The van der Waals surface area contributed by atoms with Gasteiger partial charge in [-0.1, -0.05) is 11.6 Å². The van der Waals surface area contributed by atoms with Gasteiger partial charge in [0.2, 0.25) is 0 Å². The molecule has 1 amide bonds. The maximum atomic E-state index is 12.6. The standard InChI is InChI=1S/C18H16ClN3O3/c1-18(2)16(23)15(11-7-10(8-20)3-4-14(11)25-18)22-17(24)12-9-21-6-5-13(12)19/h3-7,9,15-16,23H,1-2H3,(H,22,24)/t15-,16+/m1/s1. The van der Waals surface area contributed by atoms with E-state index in [1.54, 1.807) is 32.0 Å². The average Bonchev–Trinajstić information content (AvgIpc) is 2.58. The fraction of sp³-hybridized carbons (Fsp3) is 0.278. The highest BCUT2D eigenvalue weighted by Gasteiger charge is 2.43. The van der Waals surface area contributed by atoms with Gasteiger partial charge in [-0.25, -0.2) is 0 Å². The first-order chi connectivity index (χ1) is 11.8. The second-order valence-corrected chi connectivity index (χ2v) is 6.73. The maximum absolute atomic E-state index is 12.6. The Morgan fingerprint density at radius 2 is 2.20 bits per heavy atom. The number of fused-ring (bicyclic) bond motifs is 1. The van der Waals surface area contributed by atoms with Crippen LogP contribution < -0.4 is 10.1 Å². The zero-order valence-corrected chi connectivity index (χ0v) is 14.4. The van der Waals surface area contributed by atoms with E-state index in [1.807, 2.05) is 6.07 Å². The van der Waals surface area contributed by atoms with Crippen molar-refractivity contribution in [3.63, 3.8) is 0 Å². The summed E-state index contributed by atoms with van der Waals surface area (Å²) in [5, 5.41) is 22.9. The molecule has 0 unspecified atom stereocenters. The van der Waals surface area contributed by atoms with Gasteiger partial charge in [0.15, 0.2) is 0 Å². The van der Waals surface area contributed by atoms with E-state index < -0.39 is 23.7 Å². The Labute approximate surface area is 150 Å². The number of ether oxygens (including phenoxy) is 1. The van der Waals surface area contributed by atoms with Crippen molar-refractivity contribution in [3.8, 4) is 11.8 Å². The molecule has 0 bridgehead atoms. The van der Waals surface area contributed by atoms with E-state index in [4.69, 9.17) is 21.6 Å². The number of halogens is 1. The Kier molecular flexibility index (Phi) is 4.38. The van der Waals surface area contributed by atoms with Crippen molar-refractivity contribution >= 4 is 17.5 Å². The Morgan fingerprint density at radius 1 is 1.44 bits per heavy atom. The largest absolute Gasteiger partial charge is 0.485 e. The van der Waals surface area contributed by atoms with Gasteiger partial charge in [0, 0.05) is 18.0 Å². The summed E-state index contributed by atoms with van der Waals surface area (Å²) in [6.07, 6.45) is 1.83. The summed E-state index contributed by atoms with van der Waals surface area (Å²) in [5.41, 5.74) is 0.239. The topological polar surface area (TPSA) is 95.2 Å². The normalized spacial score (nSPS) is 20.8. The molecule has 1 aromatic carbocycles. The van der Waals surface area contributed by atoms with Crippen LogP contribution in [0.4, 0.5) is 0 Å². The zero-order valence-electron chi connectivity index (χ0n) is 13.7. The number of nitrogens with one attached hydrogen (secondary N) is 1. The molecule has 1 aliphatic heterocycles. The van der Waals surface area contributed by atoms with E-state index in [-0.39, 0.29) is 10.6 Å². The predicted molar refractivity (Wildman–Crippen MR) is 91.3 cm³/mol. The molecule has 7 heteroatoms. The van der Waals surface area contributed by atoms with Crippen molar-refractivity contribution in [1.29, 1.82) is 5.26 Å². The minimum Gasteiger partial charge on any atom is -0.485 e. The van der Waals surface area contributed by atoms with Gasteiger partial charge >= 0.3 is 0 Å². The summed E-state index contributed by atoms with van der Waals surface area (Å²) in [6, 6.07) is 7.70. The summed E-state index contributed by atoms with van der Waals surface area (Å²) in [4.78, 5) is 16.5. The van der Waals surface area contributed by atoms with Crippen LogP contribution in [0.2, 0.25) is 5.02 Å². The van der Waals surface area contributed by atoms with E-state index in [0.29, 0.717) is 16.9 Å². The van der Waals surface area contributed by atoms with Gasteiger partial charge in [0.1, 0.15) is 17.5 Å². The molecule has 25 heavy (non-hydrogen) atoms. The molecule has 3 rings (SSSR count). The third kappa shape index (κ3) is 3.16. The molecule has 2 N–H and O–H groups in total. The SMILES string of the molecule is CC1(C)Oc2ccc(C#N)cc2[C@@H](NC(=O)c2cnccc2Cl)[C@@H]1O. The van der Waals surface area contributed by atoms with E-state index in [1.165, 1.54) is 18.5 Å². The summed E-state index contributed by atoms with van der Waals surface area (Å²) in [5.74, 6) is 0.0463. The minimum atomic E-state index is -1.02. The lowest BCUT2D eigenvalue weighted by atomic mass is 9.86.